The summed E-state index contributed by atoms with van der Waals surface area (Å²) < 4.78 is 5.27. The third-order valence-electron chi connectivity index (χ3n) is 3.62. The quantitative estimate of drug-likeness (QED) is 0.745. The number of nitrogens with zero attached hydrogens (tertiary/aromatic N) is 1. The zero-order valence-corrected chi connectivity index (χ0v) is 11.3. The van der Waals surface area contributed by atoms with Crippen molar-refractivity contribution in [2.24, 2.45) is 17.8 Å². The van der Waals surface area contributed by atoms with Crippen LogP contribution in [0.4, 0.5) is 4.79 Å². The Morgan fingerprint density at radius 3 is 2.17 bits per heavy atom. The average molecular weight is 257 g/mol. The summed E-state index contributed by atoms with van der Waals surface area (Å²) in [5.74, 6) is 0.546. The number of hydrogen-bond donors (Lipinski definition) is 2. The lowest BCUT2D eigenvalue weighted by atomic mass is 9.82. The monoisotopic (exact) mass is 257 g/mol. The van der Waals surface area contributed by atoms with Gasteiger partial charge in [-0.25, -0.2) is 4.79 Å². The number of carbonyl (C=O) groups excluding carboxylic acids is 1. The van der Waals surface area contributed by atoms with Gasteiger partial charge in [0.2, 0.25) is 0 Å². The molecule has 1 saturated heterocycles. The summed E-state index contributed by atoms with van der Waals surface area (Å²) in [5, 5.41) is 18.8. The highest BCUT2D eigenvalue weighted by atomic mass is 16.6. The van der Waals surface area contributed by atoms with Crippen LogP contribution in [0.1, 0.15) is 33.6 Å². The SMILES string of the molecule is CC(C)(C)OC(=O)N1CC(C(C(O)O)C2CC2)C1. The van der Waals surface area contributed by atoms with Crippen LogP contribution in [0.25, 0.3) is 0 Å². The largest absolute Gasteiger partial charge is 0.444 e. The van der Waals surface area contributed by atoms with Crippen LogP contribution < -0.4 is 0 Å². The normalized spacial score (nSPS) is 22.9. The molecule has 5 nitrogen and oxygen atoms in total. The topological polar surface area (TPSA) is 70.0 Å². The summed E-state index contributed by atoms with van der Waals surface area (Å²) in [4.78, 5) is 13.4. The maximum atomic E-state index is 11.7. The maximum absolute atomic E-state index is 11.7. The Hall–Kier alpha value is -0.810. The predicted octanol–water partition coefficient (Wildman–Crippen LogP) is 1.19. The lowest BCUT2D eigenvalue weighted by Gasteiger charge is -2.44. The second-order valence-electron chi connectivity index (χ2n) is 6.47. The highest BCUT2D eigenvalue weighted by Gasteiger charge is 2.46. The Morgan fingerprint density at radius 1 is 1.22 bits per heavy atom. The fraction of sp³-hybridized carbons (Fsp3) is 0.923. The van der Waals surface area contributed by atoms with Crippen LogP contribution in [-0.2, 0) is 4.74 Å². The second-order valence-corrected chi connectivity index (χ2v) is 6.47. The molecule has 1 heterocycles. The first kappa shape index (κ1) is 13.6. The molecule has 0 radical (unpaired) electrons. The van der Waals surface area contributed by atoms with E-state index >= 15 is 0 Å². The minimum absolute atomic E-state index is 0.0799. The van der Waals surface area contributed by atoms with Gasteiger partial charge in [-0.2, -0.15) is 0 Å². The molecule has 1 amide bonds. The summed E-state index contributed by atoms with van der Waals surface area (Å²) in [6.07, 6.45) is 0.584. The van der Waals surface area contributed by atoms with Gasteiger partial charge in [-0.3, -0.25) is 0 Å². The summed E-state index contributed by atoms with van der Waals surface area (Å²) in [6, 6.07) is 0. The molecule has 0 bridgehead atoms. The van der Waals surface area contributed by atoms with E-state index in [0.717, 1.165) is 12.8 Å². The fourth-order valence-corrected chi connectivity index (χ4v) is 2.58. The summed E-state index contributed by atoms with van der Waals surface area (Å²) in [5.41, 5.74) is -0.478. The van der Waals surface area contributed by atoms with E-state index in [4.69, 9.17) is 4.74 Å². The molecule has 18 heavy (non-hydrogen) atoms. The molecule has 2 rings (SSSR count). The molecule has 0 aromatic heterocycles. The Morgan fingerprint density at radius 2 is 1.78 bits per heavy atom. The number of carbonyl (C=O) groups is 1. The molecule has 1 saturated carbocycles. The molecule has 2 N–H and O–H groups in total. The third kappa shape index (κ3) is 3.14. The Kier molecular flexibility index (Phi) is 3.56. The van der Waals surface area contributed by atoms with Gasteiger partial charge in [0.1, 0.15) is 5.60 Å². The molecule has 2 aliphatic rings. The third-order valence-corrected chi connectivity index (χ3v) is 3.62. The van der Waals surface area contributed by atoms with Gasteiger partial charge < -0.3 is 19.8 Å². The van der Waals surface area contributed by atoms with Crippen molar-refractivity contribution >= 4 is 6.09 Å². The van der Waals surface area contributed by atoms with Crippen LogP contribution >= 0.6 is 0 Å². The van der Waals surface area contributed by atoms with Crippen LogP contribution in [0.5, 0.6) is 0 Å². The van der Waals surface area contributed by atoms with E-state index in [1.165, 1.54) is 0 Å². The van der Waals surface area contributed by atoms with Gasteiger partial charge in [0, 0.05) is 24.9 Å². The molecule has 0 aromatic rings. The van der Waals surface area contributed by atoms with Crippen LogP contribution in [0, 0.1) is 17.8 Å². The van der Waals surface area contributed by atoms with Gasteiger partial charge in [0.15, 0.2) is 6.29 Å². The molecule has 1 aliphatic heterocycles. The molecular formula is C13H23NO4. The maximum Gasteiger partial charge on any atom is 0.410 e. The van der Waals surface area contributed by atoms with Gasteiger partial charge in [-0.1, -0.05) is 0 Å². The van der Waals surface area contributed by atoms with E-state index in [2.05, 4.69) is 0 Å². The van der Waals surface area contributed by atoms with Gasteiger partial charge in [0.25, 0.3) is 0 Å². The van der Waals surface area contributed by atoms with Gasteiger partial charge in [0.05, 0.1) is 0 Å². The van der Waals surface area contributed by atoms with Crippen LogP contribution in [0.15, 0.2) is 0 Å². The summed E-state index contributed by atoms with van der Waals surface area (Å²) in [7, 11) is 0. The molecule has 104 valence electrons. The van der Waals surface area contributed by atoms with Crippen molar-refractivity contribution in [2.45, 2.75) is 45.5 Å². The number of hydrogen-bond acceptors (Lipinski definition) is 4. The summed E-state index contributed by atoms with van der Waals surface area (Å²) in [6.45, 7) is 6.67. The summed E-state index contributed by atoms with van der Waals surface area (Å²) >= 11 is 0. The first-order chi connectivity index (χ1) is 8.28. The van der Waals surface area contributed by atoms with Crippen molar-refractivity contribution in [3.05, 3.63) is 0 Å². The highest BCUT2D eigenvalue weighted by molar-refractivity contribution is 5.69. The molecule has 0 aromatic carbocycles. The number of aliphatic hydroxyl groups excluding tert-OH is 1. The van der Waals surface area contributed by atoms with E-state index in [1.807, 2.05) is 20.8 Å². The number of aliphatic hydroxyl groups is 2. The number of rotatable bonds is 3. The van der Waals surface area contributed by atoms with Crippen molar-refractivity contribution in [3.8, 4) is 0 Å². The predicted molar refractivity (Wildman–Crippen MR) is 65.7 cm³/mol. The lowest BCUT2D eigenvalue weighted by molar-refractivity contribution is -0.128. The van der Waals surface area contributed by atoms with Gasteiger partial charge in [-0.15, -0.1) is 0 Å². The Labute approximate surface area is 108 Å². The minimum atomic E-state index is -1.26. The van der Waals surface area contributed by atoms with Crippen LogP contribution in [0.3, 0.4) is 0 Å². The number of amides is 1. The smallest absolute Gasteiger partial charge is 0.410 e. The fourth-order valence-electron chi connectivity index (χ4n) is 2.58. The van der Waals surface area contributed by atoms with E-state index in [9.17, 15) is 15.0 Å². The number of ether oxygens (including phenoxy) is 1. The Balaban J connectivity index is 1.80. The molecule has 2 fully saturated rings. The van der Waals surface area contributed by atoms with Crippen molar-refractivity contribution in [1.82, 2.24) is 4.90 Å². The van der Waals surface area contributed by atoms with Gasteiger partial charge in [-0.05, 0) is 39.5 Å². The van der Waals surface area contributed by atoms with Gasteiger partial charge >= 0.3 is 6.09 Å². The van der Waals surface area contributed by atoms with Crippen molar-refractivity contribution in [2.75, 3.05) is 13.1 Å². The molecular weight excluding hydrogens is 234 g/mol. The average Bonchev–Trinajstić information content (AvgIpc) is 2.88. The molecule has 1 aliphatic carbocycles. The lowest BCUT2D eigenvalue weighted by Crippen LogP contribution is -2.56. The molecule has 1 atom stereocenters. The second kappa shape index (κ2) is 4.70. The van der Waals surface area contributed by atoms with E-state index in [-0.39, 0.29) is 17.9 Å². The molecule has 1 unspecified atom stereocenters. The Bertz CT molecular complexity index is 311. The first-order valence-electron chi connectivity index (χ1n) is 6.62. The molecule has 0 spiro atoms. The first-order valence-corrected chi connectivity index (χ1v) is 6.62. The minimum Gasteiger partial charge on any atom is -0.444 e. The van der Waals surface area contributed by atoms with Crippen molar-refractivity contribution in [3.63, 3.8) is 0 Å². The standard InChI is InChI=1S/C13H23NO4/c1-13(2,3)18-12(17)14-6-9(7-14)10(11(15)16)8-4-5-8/h8-11,15-16H,4-7H2,1-3H3. The number of likely N-dealkylation sites (tertiary alicyclic amines) is 1. The highest BCUT2D eigenvalue weighted by Crippen LogP contribution is 2.44. The van der Waals surface area contributed by atoms with E-state index in [1.54, 1.807) is 4.90 Å². The zero-order valence-electron chi connectivity index (χ0n) is 11.3. The van der Waals surface area contributed by atoms with Crippen LogP contribution in [-0.4, -0.2) is 46.2 Å². The van der Waals surface area contributed by atoms with Crippen LogP contribution in [0.2, 0.25) is 0 Å². The molecule has 5 heteroatoms. The van der Waals surface area contributed by atoms with Crippen molar-refractivity contribution in [1.29, 1.82) is 0 Å². The van der Waals surface area contributed by atoms with E-state index < -0.39 is 11.9 Å². The zero-order chi connectivity index (χ0) is 13.5. The van der Waals surface area contributed by atoms with Crippen molar-refractivity contribution < 1.29 is 19.7 Å². The van der Waals surface area contributed by atoms with E-state index in [0.29, 0.717) is 19.0 Å².